The van der Waals surface area contributed by atoms with Crippen LogP contribution in [-0.2, 0) is 6.42 Å². The van der Waals surface area contributed by atoms with Crippen LogP contribution in [0.3, 0.4) is 0 Å². The van der Waals surface area contributed by atoms with Crippen molar-refractivity contribution in [1.29, 1.82) is 0 Å². The van der Waals surface area contributed by atoms with E-state index in [0.29, 0.717) is 16.6 Å². The molecule has 0 spiro atoms. The highest BCUT2D eigenvalue weighted by molar-refractivity contribution is 7.15. The largest absolute Gasteiger partial charge is 0.384 e. The van der Waals surface area contributed by atoms with Crippen molar-refractivity contribution in [2.24, 2.45) is 5.73 Å². The minimum absolute atomic E-state index is 0.327. The van der Waals surface area contributed by atoms with Gasteiger partial charge in [0.25, 0.3) is 0 Å². The van der Waals surface area contributed by atoms with Gasteiger partial charge in [0, 0.05) is 24.5 Å². The van der Waals surface area contributed by atoms with Gasteiger partial charge in [-0.15, -0.1) is 11.3 Å². The average molecular weight is 249 g/mol. The number of thiazole rings is 1. The number of halogens is 1. The van der Waals surface area contributed by atoms with E-state index in [2.05, 4.69) is 10.3 Å². The molecule has 0 fully saturated rings. The molecule has 0 unspecified atom stereocenters. The normalized spacial score (nSPS) is 12.1. The van der Waals surface area contributed by atoms with Gasteiger partial charge in [0.1, 0.15) is 5.70 Å². The number of nitrogens with one attached hydrogen (secondary N) is 1. The molecule has 1 heterocycles. The molecule has 6 nitrogen and oxygen atoms in total. The molecule has 0 saturated heterocycles. The van der Waals surface area contributed by atoms with E-state index in [1.807, 2.05) is 0 Å². The number of allylic oxidation sites excluding steroid dienone is 1. The molecule has 0 saturated carbocycles. The van der Waals surface area contributed by atoms with Crippen LogP contribution in [0.25, 0.3) is 0 Å². The zero-order valence-electron chi connectivity index (χ0n) is 7.86. The third-order valence-electron chi connectivity index (χ3n) is 1.68. The Morgan fingerprint density at radius 1 is 1.87 bits per heavy atom. The van der Waals surface area contributed by atoms with Gasteiger partial charge in [-0.05, 0) is 4.92 Å². The van der Waals surface area contributed by atoms with E-state index in [1.165, 1.54) is 11.3 Å². The summed E-state index contributed by atoms with van der Waals surface area (Å²) in [5, 5.41) is 13.1. The number of hydrogen-bond acceptors (Lipinski definition) is 6. The van der Waals surface area contributed by atoms with Crippen LogP contribution in [0.15, 0.2) is 17.7 Å². The number of nitrogens with zero attached hydrogens (tertiary/aromatic N) is 2. The Labute approximate surface area is 94.9 Å². The molecular formula is C7H9ClN4O2S. The highest BCUT2D eigenvalue weighted by atomic mass is 35.5. The molecule has 0 bridgehead atoms. The molecule has 82 valence electrons. The molecule has 15 heavy (non-hydrogen) atoms. The number of aromatic nitrogens is 1. The fraction of sp³-hybridized carbons (Fsp3) is 0.286. The predicted octanol–water partition coefficient (Wildman–Crippen LogP) is 0.963. The fourth-order valence-electron chi connectivity index (χ4n) is 0.957. The SMILES string of the molecule is CNC(Cc1cnc(Cl)s1)=C(N)[N+](=O)[O-]. The molecule has 1 rings (SSSR count). The Balaban J connectivity index is 2.87. The minimum Gasteiger partial charge on any atom is -0.384 e. The zero-order valence-corrected chi connectivity index (χ0v) is 9.43. The quantitative estimate of drug-likeness (QED) is 0.611. The number of rotatable bonds is 4. The maximum atomic E-state index is 10.4. The molecule has 0 aromatic carbocycles. The van der Waals surface area contributed by atoms with E-state index < -0.39 is 4.92 Å². The molecule has 0 atom stereocenters. The van der Waals surface area contributed by atoms with Gasteiger partial charge in [-0.25, -0.2) is 4.98 Å². The average Bonchev–Trinajstić information content (AvgIpc) is 2.59. The first kappa shape index (κ1) is 11.7. The summed E-state index contributed by atoms with van der Waals surface area (Å²) in [7, 11) is 1.58. The van der Waals surface area contributed by atoms with E-state index in [9.17, 15) is 10.1 Å². The second kappa shape index (κ2) is 4.94. The first-order chi connectivity index (χ1) is 7.04. The summed E-state index contributed by atoms with van der Waals surface area (Å²) in [4.78, 5) is 14.5. The molecule has 1 aromatic heterocycles. The predicted molar refractivity (Wildman–Crippen MR) is 58.1 cm³/mol. The van der Waals surface area contributed by atoms with E-state index >= 15 is 0 Å². The smallest absolute Gasteiger partial charge is 0.333 e. The van der Waals surface area contributed by atoms with Crippen molar-refractivity contribution >= 4 is 22.9 Å². The summed E-state index contributed by atoms with van der Waals surface area (Å²) in [5.41, 5.74) is 5.64. The van der Waals surface area contributed by atoms with Crippen LogP contribution in [0.1, 0.15) is 4.88 Å². The Hall–Kier alpha value is -1.34. The molecule has 3 N–H and O–H groups in total. The second-order valence-electron chi connectivity index (χ2n) is 2.63. The van der Waals surface area contributed by atoms with Gasteiger partial charge in [0.2, 0.25) is 0 Å². The van der Waals surface area contributed by atoms with E-state index in [4.69, 9.17) is 17.3 Å². The van der Waals surface area contributed by atoms with Gasteiger partial charge in [-0.2, -0.15) is 0 Å². The summed E-state index contributed by atoms with van der Waals surface area (Å²) >= 11 is 6.90. The van der Waals surface area contributed by atoms with Crippen LogP contribution in [0.5, 0.6) is 0 Å². The lowest BCUT2D eigenvalue weighted by atomic mass is 10.3. The van der Waals surface area contributed by atoms with Gasteiger partial charge >= 0.3 is 5.82 Å². The molecular weight excluding hydrogens is 240 g/mol. The molecule has 0 aliphatic carbocycles. The summed E-state index contributed by atoms with van der Waals surface area (Å²) < 4.78 is 0.403. The Bertz CT molecular complexity index is 403. The summed E-state index contributed by atoms with van der Waals surface area (Å²) in [6.45, 7) is 0. The van der Waals surface area contributed by atoms with Gasteiger partial charge in [-0.3, -0.25) is 5.73 Å². The monoisotopic (exact) mass is 248 g/mol. The van der Waals surface area contributed by atoms with Gasteiger partial charge in [-0.1, -0.05) is 11.6 Å². The standard InChI is InChI=1S/C7H9ClN4O2S/c1-10-5(6(9)12(13)14)2-4-3-11-7(8)15-4/h3,10H,2,9H2,1H3. The summed E-state index contributed by atoms with van der Waals surface area (Å²) in [6, 6.07) is 0. The first-order valence-electron chi connectivity index (χ1n) is 3.95. The van der Waals surface area contributed by atoms with Crippen molar-refractivity contribution in [2.45, 2.75) is 6.42 Å². The van der Waals surface area contributed by atoms with Gasteiger partial charge in [0.15, 0.2) is 4.47 Å². The number of nitro groups is 1. The molecule has 0 amide bonds. The highest BCUT2D eigenvalue weighted by Crippen LogP contribution is 2.20. The number of nitrogens with two attached hydrogens (primary N) is 1. The van der Waals surface area contributed by atoms with Crippen LogP contribution >= 0.6 is 22.9 Å². The third kappa shape index (κ3) is 3.07. The summed E-state index contributed by atoms with van der Waals surface area (Å²) in [5.74, 6) is -0.387. The van der Waals surface area contributed by atoms with Crippen molar-refractivity contribution < 1.29 is 4.92 Å². The third-order valence-corrected chi connectivity index (χ3v) is 2.80. The molecule has 8 heteroatoms. The number of hydrogen-bond donors (Lipinski definition) is 2. The number of likely N-dealkylation sites (N-methyl/N-ethyl adjacent to an activating group) is 1. The van der Waals surface area contributed by atoms with Crippen molar-refractivity contribution in [1.82, 2.24) is 10.3 Å². The van der Waals surface area contributed by atoms with E-state index in [1.54, 1.807) is 13.2 Å². The molecule has 0 radical (unpaired) electrons. The molecule has 0 aliphatic heterocycles. The van der Waals surface area contributed by atoms with Crippen LogP contribution in [-0.4, -0.2) is 17.0 Å². The fourth-order valence-corrected chi connectivity index (χ4v) is 1.95. The lowest BCUT2D eigenvalue weighted by molar-refractivity contribution is -0.428. The Kier molecular flexibility index (Phi) is 3.87. The lowest BCUT2D eigenvalue weighted by Crippen LogP contribution is -2.21. The zero-order chi connectivity index (χ0) is 11.4. The van der Waals surface area contributed by atoms with E-state index in [-0.39, 0.29) is 5.82 Å². The Morgan fingerprint density at radius 2 is 2.53 bits per heavy atom. The minimum atomic E-state index is -0.630. The maximum absolute atomic E-state index is 10.4. The Morgan fingerprint density at radius 3 is 2.93 bits per heavy atom. The topological polar surface area (TPSA) is 94.1 Å². The van der Waals surface area contributed by atoms with Gasteiger partial charge < -0.3 is 15.4 Å². The van der Waals surface area contributed by atoms with Gasteiger partial charge in [0.05, 0.1) is 0 Å². The van der Waals surface area contributed by atoms with Crippen molar-refractivity contribution in [3.05, 3.63) is 37.2 Å². The van der Waals surface area contributed by atoms with Crippen LogP contribution in [0, 0.1) is 10.1 Å². The van der Waals surface area contributed by atoms with Crippen LogP contribution in [0.2, 0.25) is 4.47 Å². The summed E-state index contributed by atoms with van der Waals surface area (Å²) in [6.07, 6.45) is 1.89. The second-order valence-corrected chi connectivity index (χ2v) is 4.32. The highest BCUT2D eigenvalue weighted by Gasteiger charge is 2.12. The maximum Gasteiger partial charge on any atom is 0.333 e. The van der Waals surface area contributed by atoms with Crippen molar-refractivity contribution in [2.75, 3.05) is 7.05 Å². The van der Waals surface area contributed by atoms with Crippen molar-refractivity contribution in [3.63, 3.8) is 0 Å². The van der Waals surface area contributed by atoms with Crippen LogP contribution in [0.4, 0.5) is 0 Å². The first-order valence-corrected chi connectivity index (χ1v) is 5.15. The van der Waals surface area contributed by atoms with E-state index in [0.717, 1.165) is 4.88 Å². The molecule has 1 aromatic rings. The lowest BCUT2D eigenvalue weighted by Gasteiger charge is -2.04. The van der Waals surface area contributed by atoms with Crippen LogP contribution < -0.4 is 11.1 Å². The van der Waals surface area contributed by atoms with Crippen molar-refractivity contribution in [3.8, 4) is 0 Å². The molecule has 0 aliphatic rings.